The van der Waals surface area contributed by atoms with Crippen LogP contribution in [0.4, 0.5) is 20.3 Å². The standard InChI is InChI=1S/C31H39F2N9O2/c1-18-11-26-25(13-35-38-26)28(19(18)2)40-8-6-24-27(16-40)36-31(44-17-23-12-21(33)14-39(23)4)37-29(24)41-9-10-42(30(43)20(3)32)22(15-41)5-7-34/h11,13,20-23H,5-6,8-10,12,14-17H2,1-4H3,(H,35,38)/t20?,21-,22+,23+/m1/s1. The van der Waals surface area contributed by atoms with E-state index in [1.807, 2.05) is 18.1 Å². The van der Waals surface area contributed by atoms with Gasteiger partial charge in [-0.25, -0.2) is 8.78 Å². The molecule has 11 nitrogen and oxygen atoms in total. The first-order chi connectivity index (χ1) is 21.1. The monoisotopic (exact) mass is 607 g/mol. The van der Waals surface area contributed by atoms with E-state index in [0.29, 0.717) is 44.8 Å². The number of likely N-dealkylation sites (tertiary alicyclic amines) is 1. The van der Waals surface area contributed by atoms with Gasteiger partial charge in [-0.2, -0.15) is 20.3 Å². The molecular weight excluding hydrogens is 568 g/mol. The summed E-state index contributed by atoms with van der Waals surface area (Å²) in [6.07, 6.45) is 0.500. The van der Waals surface area contributed by atoms with Crippen molar-refractivity contribution >= 4 is 28.3 Å². The fraction of sp³-hybridized carbons (Fsp3) is 0.581. The first kappa shape index (κ1) is 30.0. The van der Waals surface area contributed by atoms with Crippen LogP contribution in [0.25, 0.3) is 10.9 Å². The summed E-state index contributed by atoms with van der Waals surface area (Å²) in [5.74, 6) is 0.116. The fourth-order valence-electron chi connectivity index (χ4n) is 6.85. The SMILES string of the molecule is Cc1cc2[nH]ncc2c(N2CCc3c(nc(OC[C@@H]4C[C@@H](F)CN4C)nc3N3CCN(C(=O)C(C)F)[C@@H](CC#N)C3)C2)c1C. The molecule has 1 amide bonds. The molecule has 2 fully saturated rings. The van der Waals surface area contributed by atoms with E-state index in [-0.39, 0.29) is 31.6 Å². The van der Waals surface area contributed by atoms with E-state index >= 15 is 0 Å². The molecule has 2 saturated heterocycles. The minimum Gasteiger partial charge on any atom is -0.462 e. The number of ether oxygens (including phenoxy) is 1. The quantitative estimate of drug-likeness (QED) is 0.432. The highest BCUT2D eigenvalue weighted by atomic mass is 19.1. The number of fused-ring (bicyclic) bond motifs is 2. The Hall–Kier alpha value is -4.05. The van der Waals surface area contributed by atoms with Gasteiger partial charge in [0.1, 0.15) is 18.6 Å². The van der Waals surface area contributed by atoms with Gasteiger partial charge >= 0.3 is 6.01 Å². The van der Waals surface area contributed by atoms with Crippen molar-refractivity contribution in [2.24, 2.45) is 0 Å². The summed E-state index contributed by atoms with van der Waals surface area (Å²) in [5, 5.41) is 17.9. The highest BCUT2D eigenvalue weighted by Crippen LogP contribution is 2.37. The first-order valence-corrected chi connectivity index (χ1v) is 15.3. The van der Waals surface area contributed by atoms with E-state index in [0.717, 1.165) is 34.4 Å². The third kappa shape index (κ3) is 5.63. The van der Waals surface area contributed by atoms with Crippen molar-refractivity contribution in [2.45, 2.75) is 71.0 Å². The predicted molar refractivity (Wildman–Crippen MR) is 162 cm³/mol. The van der Waals surface area contributed by atoms with E-state index in [9.17, 15) is 18.8 Å². The van der Waals surface area contributed by atoms with Gasteiger partial charge in [0.2, 0.25) is 0 Å². The second-order valence-corrected chi connectivity index (χ2v) is 12.3. The van der Waals surface area contributed by atoms with E-state index in [4.69, 9.17) is 14.7 Å². The lowest BCUT2D eigenvalue weighted by molar-refractivity contribution is -0.138. The largest absolute Gasteiger partial charge is 0.462 e. The molecule has 1 unspecified atom stereocenters. The Bertz CT molecular complexity index is 1590. The summed E-state index contributed by atoms with van der Waals surface area (Å²) in [7, 11) is 1.89. The summed E-state index contributed by atoms with van der Waals surface area (Å²) in [6.45, 7) is 8.42. The van der Waals surface area contributed by atoms with Crippen LogP contribution in [-0.4, -0.2) is 107 Å². The zero-order valence-corrected chi connectivity index (χ0v) is 25.7. The molecule has 5 heterocycles. The number of nitrogens with zero attached hydrogens (tertiary/aromatic N) is 8. The number of H-pyrrole nitrogens is 1. The van der Waals surface area contributed by atoms with Gasteiger partial charge in [-0.15, -0.1) is 0 Å². The zero-order valence-electron chi connectivity index (χ0n) is 25.7. The molecule has 6 rings (SSSR count). The Morgan fingerprint density at radius 1 is 1.20 bits per heavy atom. The van der Waals surface area contributed by atoms with Crippen LogP contribution >= 0.6 is 0 Å². The number of aromatic amines is 1. The van der Waals surface area contributed by atoms with Gasteiger partial charge in [-0.1, -0.05) is 0 Å². The van der Waals surface area contributed by atoms with Crippen molar-refractivity contribution in [3.8, 4) is 12.1 Å². The Kier molecular flexibility index (Phi) is 8.28. The lowest BCUT2D eigenvalue weighted by atomic mass is 9.99. The van der Waals surface area contributed by atoms with Crippen molar-refractivity contribution in [1.82, 2.24) is 30.0 Å². The molecule has 2 aromatic heterocycles. The number of rotatable bonds is 7. The molecule has 0 saturated carbocycles. The van der Waals surface area contributed by atoms with Crippen LogP contribution in [0.3, 0.4) is 0 Å². The van der Waals surface area contributed by atoms with Crippen LogP contribution in [0.5, 0.6) is 6.01 Å². The molecule has 0 spiro atoms. The van der Waals surface area contributed by atoms with Crippen molar-refractivity contribution in [3.63, 3.8) is 0 Å². The molecule has 3 aliphatic rings. The smallest absolute Gasteiger partial charge is 0.318 e. The maximum Gasteiger partial charge on any atom is 0.318 e. The molecule has 4 atom stereocenters. The van der Waals surface area contributed by atoms with Crippen LogP contribution in [0.15, 0.2) is 12.3 Å². The summed E-state index contributed by atoms with van der Waals surface area (Å²) in [4.78, 5) is 30.2. The Balaban J connectivity index is 1.34. The number of amides is 1. The molecular formula is C31H39F2N9O2. The third-order valence-corrected chi connectivity index (χ3v) is 9.35. The molecule has 44 heavy (non-hydrogen) atoms. The molecule has 0 bridgehead atoms. The lowest BCUT2D eigenvalue weighted by Crippen LogP contribution is -2.57. The summed E-state index contributed by atoms with van der Waals surface area (Å²) in [6, 6.07) is 3.95. The highest BCUT2D eigenvalue weighted by Gasteiger charge is 2.36. The minimum atomic E-state index is -1.63. The van der Waals surface area contributed by atoms with E-state index in [1.54, 1.807) is 0 Å². The predicted octanol–water partition coefficient (Wildman–Crippen LogP) is 3.24. The number of piperazine rings is 1. The topological polar surface area (TPSA) is 118 Å². The van der Waals surface area contributed by atoms with E-state index in [2.05, 4.69) is 46.0 Å². The number of hydrogen-bond donors (Lipinski definition) is 1. The number of aromatic nitrogens is 4. The summed E-state index contributed by atoms with van der Waals surface area (Å²) >= 11 is 0. The van der Waals surface area contributed by atoms with Gasteiger partial charge in [0.15, 0.2) is 6.17 Å². The molecule has 13 heteroatoms. The number of likely N-dealkylation sites (N-methyl/N-ethyl adjacent to an activating group) is 1. The average molecular weight is 608 g/mol. The number of carbonyl (C=O) groups excluding carboxylic acids is 1. The summed E-state index contributed by atoms with van der Waals surface area (Å²) < 4.78 is 34.2. The maximum atomic E-state index is 14.1. The van der Waals surface area contributed by atoms with E-state index in [1.165, 1.54) is 23.0 Å². The van der Waals surface area contributed by atoms with E-state index < -0.39 is 24.3 Å². The van der Waals surface area contributed by atoms with Crippen LogP contribution in [0, 0.1) is 25.2 Å². The van der Waals surface area contributed by atoms with Gasteiger partial charge in [-0.05, 0) is 57.9 Å². The number of benzene rings is 1. The molecule has 234 valence electrons. The Morgan fingerprint density at radius 3 is 2.75 bits per heavy atom. The molecule has 1 N–H and O–H groups in total. The fourth-order valence-corrected chi connectivity index (χ4v) is 6.85. The molecule has 0 aliphatic carbocycles. The molecule has 0 radical (unpaired) electrons. The number of anilines is 2. The lowest BCUT2D eigenvalue weighted by Gasteiger charge is -2.42. The molecule has 1 aromatic carbocycles. The molecule has 3 aliphatic heterocycles. The maximum absolute atomic E-state index is 14.1. The first-order valence-electron chi connectivity index (χ1n) is 15.3. The number of aryl methyl sites for hydroxylation is 1. The van der Waals surface area contributed by atoms with Crippen LogP contribution in [-0.2, 0) is 17.8 Å². The number of nitrogens with one attached hydrogen (secondary N) is 1. The minimum absolute atomic E-state index is 0.0776. The normalized spacial score (nSPS) is 23.1. The second-order valence-electron chi connectivity index (χ2n) is 12.3. The number of hydrogen-bond acceptors (Lipinski definition) is 9. The number of carbonyl (C=O) groups is 1. The Labute approximate surface area is 255 Å². The average Bonchev–Trinajstić information content (AvgIpc) is 3.59. The van der Waals surface area contributed by atoms with Gasteiger partial charge in [0.25, 0.3) is 5.91 Å². The summed E-state index contributed by atoms with van der Waals surface area (Å²) in [5.41, 5.74) is 6.28. The third-order valence-electron chi connectivity index (χ3n) is 9.35. The van der Waals surface area contributed by atoms with Crippen LogP contribution < -0.4 is 14.5 Å². The van der Waals surface area contributed by atoms with Crippen molar-refractivity contribution < 1.29 is 18.3 Å². The van der Waals surface area contributed by atoms with Gasteiger partial charge < -0.3 is 19.4 Å². The Morgan fingerprint density at radius 2 is 2.02 bits per heavy atom. The van der Waals surface area contributed by atoms with Gasteiger partial charge in [0, 0.05) is 49.7 Å². The van der Waals surface area contributed by atoms with Crippen LogP contribution in [0.1, 0.15) is 42.1 Å². The number of nitriles is 1. The van der Waals surface area contributed by atoms with Crippen molar-refractivity contribution in [3.05, 3.63) is 34.6 Å². The van der Waals surface area contributed by atoms with Gasteiger partial charge in [-0.3, -0.25) is 14.8 Å². The van der Waals surface area contributed by atoms with Crippen LogP contribution in [0.2, 0.25) is 0 Å². The molecule has 3 aromatic rings. The number of alkyl halides is 2. The zero-order chi connectivity index (χ0) is 31.1. The van der Waals surface area contributed by atoms with Crippen molar-refractivity contribution in [1.29, 1.82) is 5.26 Å². The van der Waals surface area contributed by atoms with Gasteiger partial charge in [0.05, 0.1) is 48.2 Å². The van der Waals surface area contributed by atoms with Crippen molar-refractivity contribution in [2.75, 3.05) is 56.2 Å². The second kappa shape index (κ2) is 12.1. The highest BCUT2D eigenvalue weighted by molar-refractivity contribution is 5.94. The number of halogens is 2.